The van der Waals surface area contributed by atoms with Crippen molar-refractivity contribution >= 4 is 37.4 Å². The normalized spacial score (nSPS) is 17.1. The van der Waals surface area contributed by atoms with E-state index in [4.69, 9.17) is 0 Å². The maximum atomic E-state index is 13.4. The summed E-state index contributed by atoms with van der Waals surface area (Å²) < 4.78 is 27.6. The Labute approximate surface area is 177 Å². The molecule has 0 aliphatic carbocycles. The van der Waals surface area contributed by atoms with Gasteiger partial charge in [-0.15, -0.1) is 0 Å². The number of nitrogens with zero attached hydrogens (tertiary/aromatic N) is 1. The Morgan fingerprint density at radius 2 is 1.38 bits per heavy atom. The monoisotopic (exact) mass is 469 g/mol. The summed E-state index contributed by atoms with van der Waals surface area (Å²) in [7, 11) is -4.11. The fourth-order valence-corrected chi connectivity index (χ4v) is 5.30. The third-order valence-corrected chi connectivity index (χ3v) is 7.14. The van der Waals surface area contributed by atoms with Crippen LogP contribution < -0.4 is 4.90 Å². The Bertz CT molecular complexity index is 1190. The first-order chi connectivity index (χ1) is 13.9. The Kier molecular flexibility index (Phi) is 5.02. The van der Waals surface area contributed by atoms with Gasteiger partial charge in [-0.1, -0.05) is 64.5 Å². The first-order valence-electron chi connectivity index (χ1n) is 8.78. The second-order valence-electron chi connectivity index (χ2n) is 6.49. The second-order valence-corrected chi connectivity index (χ2v) is 9.33. The van der Waals surface area contributed by atoms with E-state index in [1.165, 1.54) is 17.0 Å². The molecule has 0 spiro atoms. The van der Waals surface area contributed by atoms with Gasteiger partial charge in [-0.25, -0.2) is 8.42 Å². The number of hydrogen-bond acceptors (Lipinski definition) is 4. The Balaban J connectivity index is 1.94. The Morgan fingerprint density at radius 3 is 1.97 bits per heavy atom. The number of aliphatic hydroxyl groups excluding tert-OH is 1. The van der Waals surface area contributed by atoms with Crippen molar-refractivity contribution in [3.8, 4) is 0 Å². The number of aliphatic hydroxyl groups is 1. The third kappa shape index (κ3) is 3.36. The zero-order valence-electron chi connectivity index (χ0n) is 15.1. The molecular formula is C22H16BrNO4S. The molecule has 5 nitrogen and oxygen atoms in total. The maximum absolute atomic E-state index is 13.4. The predicted molar refractivity (Wildman–Crippen MR) is 114 cm³/mol. The molecule has 7 heteroatoms. The Hall–Kier alpha value is -2.90. The lowest BCUT2D eigenvalue weighted by atomic mass is 10.1. The highest BCUT2D eigenvalue weighted by atomic mass is 79.9. The van der Waals surface area contributed by atoms with E-state index in [0.717, 1.165) is 4.47 Å². The molecule has 3 aromatic rings. The van der Waals surface area contributed by atoms with Gasteiger partial charge in [0.2, 0.25) is 9.84 Å². The molecule has 0 aromatic heterocycles. The first-order valence-corrected chi connectivity index (χ1v) is 11.1. The second kappa shape index (κ2) is 7.50. The van der Waals surface area contributed by atoms with Crippen LogP contribution in [0.4, 0.5) is 5.69 Å². The lowest BCUT2D eigenvalue weighted by molar-refractivity contribution is -0.117. The summed E-state index contributed by atoms with van der Waals surface area (Å²) in [5.41, 5.74) is 1.07. The highest BCUT2D eigenvalue weighted by Gasteiger charge is 2.47. The first kappa shape index (κ1) is 19.4. The summed E-state index contributed by atoms with van der Waals surface area (Å²) in [4.78, 5) is 14.0. The van der Waals surface area contributed by atoms with Gasteiger partial charge >= 0.3 is 0 Å². The molecule has 4 rings (SSSR count). The minimum Gasteiger partial charge on any atom is -0.502 e. The van der Waals surface area contributed by atoms with E-state index in [1.54, 1.807) is 72.8 Å². The van der Waals surface area contributed by atoms with Gasteiger partial charge in [-0.05, 0) is 42.0 Å². The lowest BCUT2D eigenvalue weighted by Crippen LogP contribution is -2.31. The summed E-state index contributed by atoms with van der Waals surface area (Å²) in [5, 5.41) is 10.7. The molecule has 1 heterocycles. The summed E-state index contributed by atoms with van der Waals surface area (Å²) in [6, 6.07) is 22.6. The van der Waals surface area contributed by atoms with Gasteiger partial charge in [0.25, 0.3) is 5.91 Å². The van der Waals surface area contributed by atoms with Gasteiger partial charge in [-0.2, -0.15) is 0 Å². The molecule has 1 aliphatic heterocycles. The molecule has 1 N–H and O–H groups in total. The molecule has 29 heavy (non-hydrogen) atoms. The molecule has 0 fully saturated rings. The quantitative estimate of drug-likeness (QED) is 0.596. The number of halogens is 1. The summed E-state index contributed by atoms with van der Waals surface area (Å²) in [6.07, 6.45) is 0. The minimum absolute atomic E-state index is 0.0212. The molecule has 1 amide bonds. The van der Waals surface area contributed by atoms with Crippen LogP contribution in [0.15, 0.2) is 105 Å². The van der Waals surface area contributed by atoms with Crippen molar-refractivity contribution in [2.24, 2.45) is 0 Å². The van der Waals surface area contributed by atoms with Crippen molar-refractivity contribution in [2.45, 2.75) is 10.9 Å². The van der Waals surface area contributed by atoms with E-state index < -0.39 is 27.5 Å². The number of amides is 1. The van der Waals surface area contributed by atoms with Crippen molar-refractivity contribution in [1.29, 1.82) is 0 Å². The van der Waals surface area contributed by atoms with Crippen LogP contribution >= 0.6 is 15.9 Å². The highest BCUT2D eigenvalue weighted by molar-refractivity contribution is 9.10. The van der Waals surface area contributed by atoms with Crippen molar-refractivity contribution in [3.63, 3.8) is 0 Å². The smallest absolute Gasteiger partial charge is 0.295 e. The molecule has 1 aliphatic rings. The minimum atomic E-state index is -4.11. The summed E-state index contributed by atoms with van der Waals surface area (Å²) in [5.74, 6) is -1.51. The SMILES string of the molecule is O=C1C(O)=C(S(=O)(=O)c2ccccc2)C(c2ccccc2)N1c1ccc(Br)cc1. The molecule has 1 atom stereocenters. The molecule has 1 unspecified atom stereocenters. The van der Waals surface area contributed by atoms with Crippen LogP contribution in [0.1, 0.15) is 11.6 Å². The van der Waals surface area contributed by atoms with Crippen molar-refractivity contribution < 1.29 is 18.3 Å². The van der Waals surface area contributed by atoms with Gasteiger partial charge in [0.05, 0.1) is 4.90 Å². The number of sulfone groups is 1. The zero-order chi connectivity index (χ0) is 20.6. The van der Waals surface area contributed by atoms with E-state index in [-0.39, 0.29) is 9.80 Å². The third-order valence-electron chi connectivity index (χ3n) is 4.72. The molecule has 0 saturated heterocycles. The average molecular weight is 470 g/mol. The average Bonchev–Trinajstić information content (AvgIpc) is 3.01. The van der Waals surface area contributed by atoms with Crippen LogP contribution in [0, 0.1) is 0 Å². The van der Waals surface area contributed by atoms with Gasteiger partial charge in [0.1, 0.15) is 10.9 Å². The highest BCUT2D eigenvalue weighted by Crippen LogP contribution is 2.44. The molecule has 0 radical (unpaired) electrons. The predicted octanol–water partition coefficient (Wildman–Crippen LogP) is 4.78. The fourth-order valence-electron chi connectivity index (χ4n) is 3.39. The summed E-state index contributed by atoms with van der Waals surface area (Å²) in [6.45, 7) is 0. The number of carbonyl (C=O) groups excluding carboxylic acids is 1. The van der Waals surface area contributed by atoms with Crippen molar-refractivity contribution in [2.75, 3.05) is 4.90 Å². The largest absolute Gasteiger partial charge is 0.502 e. The van der Waals surface area contributed by atoms with Crippen LogP contribution in [-0.4, -0.2) is 19.4 Å². The van der Waals surface area contributed by atoms with E-state index >= 15 is 0 Å². The lowest BCUT2D eigenvalue weighted by Gasteiger charge is -2.27. The summed E-state index contributed by atoms with van der Waals surface area (Å²) >= 11 is 3.36. The van der Waals surface area contributed by atoms with Gasteiger partial charge in [-0.3, -0.25) is 9.69 Å². The zero-order valence-corrected chi connectivity index (χ0v) is 17.5. The number of carbonyl (C=O) groups is 1. The van der Waals surface area contributed by atoms with Crippen LogP contribution in [0.3, 0.4) is 0 Å². The molecular weight excluding hydrogens is 454 g/mol. The van der Waals surface area contributed by atoms with Crippen LogP contribution in [-0.2, 0) is 14.6 Å². The number of hydrogen-bond donors (Lipinski definition) is 1. The number of anilines is 1. The molecule has 0 saturated carbocycles. The van der Waals surface area contributed by atoms with Crippen LogP contribution in [0.5, 0.6) is 0 Å². The van der Waals surface area contributed by atoms with E-state index in [2.05, 4.69) is 15.9 Å². The maximum Gasteiger partial charge on any atom is 0.295 e. The van der Waals surface area contributed by atoms with E-state index in [0.29, 0.717) is 11.3 Å². The van der Waals surface area contributed by atoms with Crippen molar-refractivity contribution in [3.05, 3.63) is 106 Å². The number of benzene rings is 3. The fraction of sp³-hybridized carbons (Fsp3) is 0.0455. The topological polar surface area (TPSA) is 74.7 Å². The Morgan fingerprint density at radius 1 is 0.828 bits per heavy atom. The molecule has 146 valence electrons. The van der Waals surface area contributed by atoms with Crippen LogP contribution in [0.25, 0.3) is 0 Å². The van der Waals surface area contributed by atoms with E-state index in [9.17, 15) is 18.3 Å². The van der Waals surface area contributed by atoms with Gasteiger partial charge in [0.15, 0.2) is 5.76 Å². The standard InChI is InChI=1S/C22H16BrNO4S/c23-16-11-13-17(14-12-16)24-19(15-7-3-1-4-8-15)21(20(25)22(24)26)29(27,28)18-9-5-2-6-10-18/h1-14,19,25H. The van der Waals surface area contributed by atoms with Crippen molar-refractivity contribution in [1.82, 2.24) is 0 Å². The molecule has 0 bridgehead atoms. The van der Waals surface area contributed by atoms with Crippen LogP contribution in [0.2, 0.25) is 0 Å². The van der Waals surface area contributed by atoms with E-state index in [1.807, 2.05) is 0 Å². The number of rotatable bonds is 4. The van der Waals surface area contributed by atoms with Gasteiger partial charge < -0.3 is 5.11 Å². The molecule has 3 aromatic carbocycles. The van der Waals surface area contributed by atoms with Gasteiger partial charge in [0, 0.05) is 10.2 Å².